The van der Waals surface area contributed by atoms with Gasteiger partial charge in [-0.3, -0.25) is 19.7 Å². The van der Waals surface area contributed by atoms with E-state index in [-0.39, 0.29) is 30.3 Å². The maximum Gasteiger partial charge on any atom is 0.271 e. The molecule has 0 bridgehead atoms. The highest BCUT2D eigenvalue weighted by atomic mass is 16.6. The number of nitro benzene ring substituents is 1. The van der Waals surface area contributed by atoms with Crippen molar-refractivity contribution in [3.05, 3.63) is 33.9 Å². The van der Waals surface area contributed by atoms with Crippen LogP contribution in [0.3, 0.4) is 0 Å². The Hall–Kier alpha value is -2.24. The van der Waals surface area contributed by atoms with Crippen LogP contribution in [0.25, 0.3) is 0 Å². The highest BCUT2D eigenvalue weighted by Gasteiger charge is 2.30. The van der Waals surface area contributed by atoms with Crippen LogP contribution in [-0.2, 0) is 9.59 Å². The van der Waals surface area contributed by atoms with Gasteiger partial charge in [-0.1, -0.05) is 6.07 Å². The normalized spacial score (nSPS) is 15.5. The summed E-state index contributed by atoms with van der Waals surface area (Å²) in [6.07, 6.45) is -0.123. The molecular weight excluding hydrogens is 224 g/mol. The number of nitrogens with zero attached hydrogens (tertiary/aromatic N) is 2. The summed E-state index contributed by atoms with van der Waals surface area (Å²) in [6.45, 7) is 1.75. The Kier molecular flexibility index (Phi) is 2.63. The molecule has 1 aliphatic rings. The number of hydrogen-bond donors (Lipinski definition) is 0. The first-order valence-electron chi connectivity index (χ1n) is 5.06. The quantitative estimate of drug-likeness (QED) is 0.437. The molecular formula is C11H10N2O4. The van der Waals surface area contributed by atoms with Crippen molar-refractivity contribution in [3.63, 3.8) is 0 Å². The average molecular weight is 234 g/mol. The van der Waals surface area contributed by atoms with Crippen molar-refractivity contribution in [2.75, 3.05) is 11.4 Å². The second-order valence-corrected chi connectivity index (χ2v) is 3.92. The first-order chi connectivity index (χ1) is 7.99. The van der Waals surface area contributed by atoms with Crippen molar-refractivity contribution in [3.8, 4) is 0 Å². The summed E-state index contributed by atoms with van der Waals surface area (Å²) in [5.41, 5.74) is 1.09. The molecule has 1 aromatic carbocycles. The topological polar surface area (TPSA) is 80.5 Å². The predicted molar refractivity (Wildman–Crippen MR) is 59.8 cm³/mol. The van der Waals surface area contributed by atoms with Crippen LogP contribution in [0.2, 0.25) is 0 Å². The molecule has 1 aliphatic heterocycles. The number of non-ortho nitro benzene ring substituents is 1. The summed E-state index contributed by atoms with van der Waals surface area (Å²) in [7, 11) is 0. The third-order valence-electron chi connectivity index (χ3n) is 2.68. The Morgan fingerprint density at radius 1 is 1.35 bits per heavy atom. The van der Waals surface area contributed by atoms with Crippen molar-refractivity contribution >= 4 is 23.1 Å². The summed E-state index contributed by atoms with van der Waals surface area (Å²) < 4.78 is 0. The summed E-state index contributed by atoms with van der Waals surface area (Å²) in [5, 5.41) is 10.7. The second kappa shape index (κ2) is 3.97. The molecule has 0 saturated carbocycles. The molecule has 6 nitrogen and oxygen atoms in total. The van der Waals surface area contributed by atoms with Gasteiger partial charge >= 0.3 is 0 Å². The maximum atomic E-state index is 11.6. The van der Waals surface area contributed by atoms with Crippen LogP contribution < -0.4 is 4.90 Å². The molecule has 0 aliphatic carbocycles. The molecule has 17 heavy (non-hydrogen) atoms. The van der Waals surface area contributed by atoms with Gasteiger partial charge in [0.2, 0.25) is 5.91 Å². The van der Waals surface area contributed by atoms with Gasteiger partial charge in [-0.25, -0.2) is 0 Å². The van der Waals surface area contributed by atoms with Crippen LogP contribution in [-0.4, -0.2) is 23.2 Å². The molecule has 1 fully saturated rings. The number of ketones is 1. The lowest BCUT2D eigenvalue weighted by Crippen LogP contribution is -2.25. The van der Waals surface area contributed by atoms with Crippen molar-refractivity contribution in [1.82, 2.24) is 0 Å². The molecule has 0 N–H and O–H groups in total. The lowest BCUT2D eigenvalue weighted by atomic mass is 10.1. The van der Waals surface area contributed by atoms with Gasteiger partial charge in [0.05, 0.1) is 23.6 Å². The van der Waals surface area contributed by atoms with Crippen LogP contribution in [0.4, 0.5) is 11.4 Å². The number of nitro groups is 1. The molecule has 6 heteroatoms. The number of benzene rings is 1. The molecule has 1 saturated heterocycles. The molecule has 88 valence electrons. The van der Waals surface area contributed by atoms with Gasteiger partial charge in [-0.05, 0) is 12.5 Å². The molecule has 1 heterocycles. The van der Waals surface area contributed by atoms with Gasteiger partial charge in [-0.15, -0.1) is 0 Å². The number of carbonyl (C=O) groups is 2. The van der Waals surface area contributed by atoms with E-state index in [9.17, 15) is 19.7 Å². The second-order valence-electron chi connectivity index (χ2n) is 3.92. The van der Waals surface area contributed by atoms with E-state index in [1.54, 1.807) is 13.0 Å². The van der Waals surface area contributed by atoms with Gasteiger partial charge in [0.25, 0.3) is 5.69 Å². The Morgan fingerprint density at radius 2 is 2.06 bits per heavy atom. The SMILES string of the molecule is Cc1ccc([N+](=O)[O-])cc1N1CC(=O)CC1=O. The Morgan fingerprint density at radius 3 is 2.59 bits per heavy atom. The smallest absolute Gasteiger partial charge is 0.271 e. The molecule has 0 unspecified atom stereocenters. The molecule has 1 amide bonds. The number of amides is 1. The van der Waals surface area contributed by atoms with E-state index in [0.717, 1.165) is 5.56 Å². The van der Waals surface area contributed by atoms with E-state index in [0.29, 0.717) is 5.69 Å². The molecule has 0 radical (unpaired) electrons. The minimum Gasteiger partial charge on any atom is -0.304 e. The van der Waals surface area contributed by atoms with Crippen LogP contribution in [0.5, 0.6) is 0 Å². The van der Waals surface area contributed by atoms with E-state index in [1.165, 1.54) is 17.0 Å². The molecule has 2 rings (SSSR count). The minimum absolute atomic E-state index is 0.000834. The fraction of sp³-hybridized carbons (Fsp3) is 0.273. The molecule has 0 spiro atoms. The largest absolute Gasteiger partial charge is 0.304 e. The van der Waals surface area contributed by atoms with E-state index in [4.69, 9.17) is 0 Å². The average Bonchev–Trinajstić information content (AvgIpc) is 2.58. The van der Waals surface area contributed by atoms with E-state index >= 15 is 0 Å². The van der Waals surface area contributed by atoms with Crippen LogP contribution in [0.15, 0.2) is 18.2 Å². The van der Waals surface area contributed by atoms with Crippen LogP contribution in [0, 0.1) is 17.0 Å². The number of rotatable bonds is 2. The Labute approximate surface area is 97.0 Å². The third-order valence-corrected chi connectivity index (χ3v) is 2.68. The molecule has 0 aromatic heterocycles. The lowest BCUT2D eigenvalue weighted by molar-refractivity contribution is -0.384. The van der Waals surface area contributed by atoms with Crippen LogP contribution in [0.1, 0.15) is 12.0 Å². The maximum absolute atomic E-state index is 11.6. The van der Waals surface area contributed by atoms with Gasteiger partial charge < -0.3 is 4.90 Å². The first kappa shape index (κ1) is 11.3. The van der Waals surface area contributed by atoms with Crippen LogP contribution >= 0.6 is 0 Å². The predicted octanol–water partition coefficient (Wildman–Crippen LogP) is 1.21. The molecule has 1 aromatic rings. The van der Waals surface area contributed by atoms with Crippen molar-refractivity contribution in [2.24, 2.45) is 0 Å². The van der Waals surface area contributed by atoms with Crippen molar-refractivity contribution < 1.29 is 14.5 Å². The summed E-state index contributed by atoms with van der Waals surface area (Å²) in [6, 6.07) is 4.27. The monoisotopic (exact) mass is 234 g/mol. The standard InChI is InChI=1S/C11H10N2O4/c1-7-2-3-8(13(16)17)4-10(7)12-6-9(14)5-11(12)15/h2-4H,5-6H2,1H3. The van der Waals surface area contributed by atoms with E-state index in [1.807, 2.05) is 0 Å². The number of anilines is 1. The highest BCUT2D eigenvalue weighted by molar-refractivity contribution is 6.15. The summed E-state index contributed by atoms with van der Waals surface area (Å²) in [4.78, 5) is 34.2. The number of hydrogen-bond acceptors (Lipinski definition) is 4. The molecule has 0 atom stereocenters. The van der Waals surface area contributed by atoms with Gasteiger partial charge in [0, 0.05) is 12.1 Å². The fourth-order valence-electron chi connectivity index (χ4n) is 1.81. The summed E-state index contributed by atoms with van der Waals surface area (Å²) >= 11 is 0. The zero-order valence-electron chi connectivity index (χ0n) is 9.17. The number of aryl methyl sites for hydroxylation is 1. The Balaban J connectivity index is 2.44. The first-order valence-corrected chi connectivity index (χ1v) is 5.06. The van der Waals surface area contributed by atoms with E-state index in [2.05, 4.69) is 0 Å². The zero-order valence-corrected chi connectivity index (χ0v) is 9.17. The zero-order chi connectivity index (χ0) is 12.6. The van der Waals surface area contributed by atoms with E-state index < -0.39 is 4.92 Å². The van der Waals surface area contributed by atoms with Gasteiger partial charge in [0.15, 0.2) is 5.78 Å². The Bertz CT molecular complexity index is 524. The summed E-state index contributed by atoms with van der Waals surface area (Å²) in [5.74, 6) is -0.473. The number of carbonyl (C=O) groups excluding carboxylic acids is 2. The minimum atomic E-state index is -0.523. The van der Waals surface area contributed by atoms with Crippen molar-refractivity contribution in [1.29, 1.82) is 0 Å². The lowest BCUT2D eigenvalue weighted by Gasteiger charge is -2.16. The fourth-order valence-corrected chi connectivity index (χ4v) is 1.81. The van der Waals surface area contributed by atoms with Gasteiger partial charge in [-0.2, -0.15) is 0 Å². The van der Waals surface area contributed by atoms with Crippen molar-refractivity contribution in [2.45, 2.75) is 13.3 Å². The third kappa shape index (κ3) is 2.01. The number of Topliss-reactive ketones (excluding diaryl/α,β-unsaturated/α-hetero) is 1. The highest BCUT2D eigenvalue weighted by Crippen LogP contribution is 2.28. The van der Waals surface area contributed by atoms with Gasteiger partial charge in [0.1, 0.15) is 0 Å².